The molecule has 0 heterocycles. The first-order valence-electron chi connectivity index (χ1n) is 2.25. The van der Waals surface area contributed by atoms with Gasteiger partial charge in [0.05, 0.1) is 6.61 Å². The molecule has 0 fully saturated rings. The summed E-state index contributed by atoms with van der Waals surface area (Å²) in [6, 6.07) is 0. The van der Waals surface area contributed by atoms with Gasteiger partial charge in [-0.15, -0.1) is 0 Å². The Hall–Kier alpha value is 0. The summed E-state index contributed by atoms with van der Waals surface area (Å²) in [5, 5.41) is 0. The normalized spacial score (nSPS) is 8.62. The summed E-state index contributed by atoms with van der Waals surface area (Å²) in [5.41, 5.74) is 4.67. The molecule has 0 aliphatic carbocycles. The number of hydrogen-bond acceptors (Lipinski definition) is 2. The largest absolute Gasteiger partial charge is 0.450 e. The molecule has 0 aliphatic heterocycles. The average molecular weight is 229 g/mol. The van der Waals surface area contributed by atoms with E-state index in [1.165, 1.54) is 0 Å². The standard InChI is InChI=1S/C4H8INO2/c5-2-1-3-8-4(6)7/h1-3H2,(H2,6,7). The lowest BCUT2D eigenvalue weighted by molar-refractivity contribution is 0.157. The van der Waals surface area contributed by atoms with Gasteiger partial charge in [-0.25, -0.2) is 4.79 Å². The predicted molar refractivity (Wildman–Crippen MR) is 39.0 cm³/mol. The Morgan fingerprint density at radius 3 is 2.75 bits per heavy atom. The first-order chi connectivity index (χ1) is 3.77. The van der Waals surface area contributed by atoms with Crippen LogP contribution < -0.4 is 5.73 Å². The minimum Gasteiger partial charge on any atom is -0.450 e. The smallest absolute Gasteiger partial charge is 0.404 e. The lowest BCUT2D eigenvalue weighted by Gasteiger charge is -1.95. The van der Waals surface area contributed by atoms with Crippen LogP contribution in [0, 0.1) is 0 Å². The van der Waals surface area contributed by atoms with Crippen molar-refractivity contribution in [2.24, 2.45) is 5.73 Å². The molecule has 0 aliphatic rings. The van der Waals surface area contributed by atoms with Crippen molar-refractivity contribution in [2.45, 2.75) is 6.42 Å². The Morgan fingerprint density at radius 2 is 2.38 bits per heavy atom. The Balaban J connectivity index is 2.82. The van der Waals surface area contributed by atoms with Gasteiger partial charge in [0.2, 0.25) is 0 Å². The third-order valence-electron chi connectivity index (χ3n) is 0.522. The van der Waals surface area contributed by atoms with Crippen LogP contribution in [-0.4, -0.2) is 17.1 Å². The van der Waals surface area contributed by atoms with E-state index in [1.54, 1.807) is 0 Å². The SMILES string of the molecule is NC(=O)OCCCI. The summed E-state index contributed by atoms with van der Waals surface area (Å²) >= 11 is 2.20. The number of rotatable bonds is 3. The fourth-order valence-electron chi connectivity index (χ4n) is 0.227. The number of primary amides is 1. The second-order valence-corrected chi connectivity index (χ2v) is 2.29. The number of halogens is 1. The van der Waals surface area contributed by atoms with E-state index < -0.39 is 6.09 Å². The number of amides is 1. The summed E-state index contributed by atoms with van der Waals surface area (Å²) in [4.78, 5) is 9.87. The van der Waals surface area contributed by atoms with Gasteiger partial charge in [-0.2, -0.15) is 0 Å². The first-order valence-corrected chi connectivity index (χ1v) is 3.78. The van der Waals surface area contributed by atoms with Gasteiger partial charge in [-0.05, 0) is 6.42 Å². The van der Waals surface area contributed by atoms with Crippen LogP contribution in [0.5, 0.6) is 0 Å². The predicted octanol–water partition coefficient (Wildman–Crippen LogP) is 0.907. The quantitative estimate of drug-likeness (QED) is 0.444. The van der Waals surface area contributed by atoms with Crippen LogP contribution in [0.1, 0.15) is 6.42 Å². The molecule has 0 bridgehead atoms. The van der Waals surface area contributed by atoms with E-state index in [-0.39, 0.29) is 0 Å². The monoisotopic (exact) mass is 229 g/mol. The van der Waals surface area contributed by atoms with Crippen LogP contribution >= 0.6 is 22.6 Å². The zero-order valence-electron chi connectivity index (χ0n) is 4.39. The van der Waals surface area contributed by atoms with Crippen molar-refractivity contribution in [1.82, 2.24) is 0 Å². The molecule has 0 spiro atoms. The average Bonchev–Trinajstić information content (AvgIpc) is 1.66. The third kappa shape index (κ3) is 6.00. The van der Waals surface area contributed by atoms with Crippen LogP contribution in [-0.2, 0) is 4.74 Å². The van der Waals surface area contributed by atoms with E-state index in [0.717, 1.165) is 10.8 Å². The zero-order chi connectivity index (χ0) is 6.41. The number of hydrogen-bond donors (Lipinski definition) is 1. The van der Waals surface area contributed by atoms with E-state index in [4.69, 9.17) is 0 Å². The molecule has 0 aromatic rings. The van der Waals surface area contributed by atoms with E-state index in [0.29, 0.717) is 6.61 Å². The fourth-order valence-corrected chi connectivity index (χ4v) is 0.539. The fraction of sp³-hybridized carbons (Fsp3) is 0.750. The lowest BCUT2D eigenvalue weighted by atomic mass is 10.5. The number of alkyl halides is 1. The van der Waals surface area contributed by atoms with Crippen LogP contribution in [0.25, 0.3) is 0 Å². The van der Waals surface area contributed by atoms with Crippen LogP contribution in [0.4, 0.5) is 4.79 Å². The molecule has 0 saturated heterocycles. The van der Waals surface area contributed by atoms with Gasteiger partial charge in [0, 0.05) is 4.43 Å². The second-order valence-electron chi connectivity index (χ2n) is 1.21. The van der Waals surface area contributed by atoms with Gasteiger partial charge in [-0.1, -0.05) is 22.6 Å². The molecule has 0 saturated carbocycles. The third-order valence-corrected chi connectivity index (χ3v) is 1.29. The molecular formula is C4H8INO2. The number of nitrogens with two attached hydrogens (primary N) is 1. The highest BCUT2D eigenvalue weighted by Gasteiger charge is 1.89. The van der Waals surface area contributed by atoms with E-state index in [1.807, 2.05) is 0 Å². The second kappa shape index (κ2) is 5.14. The van der Waals surface area contributed by atoms with Crippen molar-refractivity contribution in [2.75, 3.05) is 11.0 Å². The van der Waals surface area contributed by atoms with Gasteiger partial charge < -0.3 is 10.5 Å². The number of ether oxygens (including phenoxy) is 1. The van der Waals surface area contributed by atoms with Crippen LogP contribution in [0.2, 0.25) is 0 Å². The Kier molecular flexibility index (Phi) is 5.14. The molecule has 48 valence electrons. The van der Waals surface area contributed by atoms with Gasteiger partial charge in [0.1, 0.15) is 0 Å². The summed E-state index contributed by atoms with van der Waals surface area (Å²) in [5.74, 6) is 0. The molecule has 1 amide bonds. The van der Waals surface area contributed by atoms with Gasteiger partial charge in [0.25, 0.3) is 0 Å². The van der Waals surface area contributed by atoms with Crippen molar-refractivity contribution in [1.29, 1.82) is 0 Å². The van der Waals surface area contributed by atoms with Crippen molar-refractivity contribution < 1.29 is 9.53 Å². The summed E-state index contributed by atoms with van der Waals surface area (Å²) in [6.45, 7) is 0.443. The zero-order valence-corrected chi connectivity index (χ0v) is 6.55. The Morgan fingerprint density at radius 1 is 1.75 bits per heavy atom. The molecule has 0 rings (SSSR count). The van der Waals surface area contributed by atoms with Gasteiger partial charge in [0.15, 0.2) is 0 Å². The molecule has 0 radical (unpaired) electrons. The van der Waals surface area contributed by atoms with Crippen molar-refractivity contribution >= 4 is 28.7 Å². The summed E-state index contributed by atoms with van der Waals surface area (Å²) in [7, 11) is 0. The molecule has 3 nitrogen and oxygen atoms in total. The first kappa shape index (κ1) is 8.00. The maximum Gasteiger partial charge on any atom is 0.404 e. The van der Waals surface area contributed by atoms with E-state index >= 15 is 0 Å². The topological polar surface area (TPSA) is 52.3 Å². The molecule has 2 N–H and O–H groups in total. The molecule has 8 heavy (non-hydrogen) atoms. The van der Waals surface area contributed by atoms with Crippen LogP contribution in [0.3, 0.4) is 0 Å². The molecule has 4 heteroatoms. The minimum absolute atomic E-state index is 0.443. The summed E-state index contributed by atoms with van der Waals surface area (Å²) in [6.07, 6.45) is 0.193. The summed E-state index contributed by atoms with van der Waals surface area (Å²) < 4.78 is 5.41. The van der Waals surface area contributed by atoms with Gasteiger partial charge in [-0.3, -0.25) is 0 Å². The lowest BCUT2D eigenvalue weighted by Crippen LogP contribution is -2.13. The highest BCUT2D eigenvalue weighted by Crippen LogP contribution is 1.88. The molecule has 0 atom stereocenters. The molecule has 0 aromatic carbocycles. The molecule has 0 aromatic heterocycles. The van der Waals surface area contributed by atoms with Gasteiger partial charge >= 0.3 is 6.09 Å². The Labute approximate surface area is 61.7 Å². The molecule has 0 unspecified atom stereocenters. The highest BCUT2D eigenvalue weighted by atomic mass is 127. The van der Waals surface area contributed by atoms with Crippen molar-refractivity contribution in [3.05, 3.63) is 0 Å². The molecular weight excluding hydrogens is 221 g/mol. The highest BCUT2D eigenvalue weighted by molar-refractivity contribution is 14.1. The van der Waals surface area contributed by atoms with Crippen LogP contribution in [0.15, 0.2) is 0 Å². The maximum atomic E-state index is 9.87. The number of carbonyl (C=O) groups excluding carboxylic acids is 1. The van der Waals surface area contributed by atoms with Crippen molar-refractivity contribution in [3.63, 3.8) is 0 Å². The minimum atomic E-state index is -0.685. The van der Waals surface area contributed by atoms with E-state index in [9.17, 15) is 4.79 Å². The Bertz CT molecular complexity index is 76.4. The van der Waals surface area contributed by atoms with E-state index in [2.05, 4.69) is 33.1 Å². The van der Waals surface area contributed by atoms with Crippen molar-refractivity contribution in [3.8, 4) is 0 Å². The number of carbonyl (C=O) groups is 1. The maximum absolute atomic E-state index is 9.87.